The Balaban J connectivity index is 2.22. The molecule has 0 saturated heterocycles. The Morgan fingerprint density at radius 2 is 1.92 bits per heavy atom. The SMILES string of the molecule is COc1ccc(Cl)cc1NC(=O)/C(C#N)=C\Nc1c(C)cccc1C. The predicted octanol–water partition coefficient (Wildman–Crippen LogP) is 4.42. The Bertz CT molecular complexity index is 849. The summed E-state index contributed by atoms with van der Waals surface area (Å²) in [5, 5.41) is 15.4. The highest BCUT2D eigenvalue weighted by molar-refractivity contribution is 6.31. The average molecular weight is 356 g/mol. The fraction of sp³-hybridized carbons (Fsp3) is 0.158. The van der Waals surface area contributed by atoms with E-state index in [0.29, 0.717) is 16.5 Å². The van der Waals surface area contributed by atoms with Gasteiger partial charge in [-0.1, -0.05) is 29.8 Å². The lowest BCUT2D eigenvalue weighted by atomic mass is 10.1. The number of methoxy groups -OCH3 is 1. The third-order valence-electron chi connectivity index (χ3n) is 3.62. The number of carbonyl (C=O) groups excluding carboxylic acids is 1. The zero-order valence-corrected chi connectivity index (χ0v) is 14.9. The maximum Gasteiger partial charge on any atom is 0.267 e. The zero-order valence-electron chi connectivity index (χ0n) is 14.2. The van der Waals surface area contributed by atoms with E-state index in [1.807, 2.05) is 38.1 Å². The van der Waals surface area contributed by atoms with Gasteiger partial charge in [-0.05, 0) is 43.2 Å². The summed E-state index contributed by atoms with van der Waals surface area (Å²) >= 11 is 5.95. The number of hydrogen-bond acceptors (Lipinski definition) is 4. The normalized spacial score (nSPS) is 10.8. The lowest BCUT2D eigenvalue weighted by Gasteiger charge is -2.11. The van der Waals surface area contributed by atoms with Crippen molar-refractivity contribution in [2.75, 3.05) is 17.7 Å². The predicted molar refractivity (Wildman–Crippen MR) is 99.9 cm³/mol. The second-order valence-corrected chi connectivity index (χ2v) is 5.82. The Kier molecular flexibility index (Phi) is 6.04. The molecule has 25 heavy (non-hydrogen) atoms. The molecule has 0 aliphatic heterocycles. The van der Waals surface area contributed by atoms with Crippen LogP contribution in [0.3, 0.4) is 0 Å². The van der Waals surface area contributed by atoms with Gasteiger partial charge in [-0.3, -0.25) is 4.79 Å². The van der Waals surface area contributed by atoms with Gasteiger partial charge in [0.15, 0.2) is 0 Å². The summed E-state index contributed by atoms with van der Waals surface area (Å²) in [4.78, 5) is 12.4. The van der Waals surface area contributed by atoms with Crippen LogP contribution in [-0.2, 0) is 4.79 Å². The van der Waals surface area contributed by atoms with Crippen molar-refractivity contribution < 1.29 is 9.53 Å². The fourth-order valence-electron chi connectivity index (χ4n) is 2.30. The minimum absolute atomic E-state index is 0.0651. The first-order chi connectivity index (χ1) is 12.0. The smallest absolute Gasteiger partial charge is 0.267 e. The van der Waals surface area contributed by atoms with E-state index < -0.39 is 5.91 Å². The molecule has 0 heterocycles. The molecule has 2 rings (SSSR count). The topological polar surface area (TPSA) is 74.1 Å². The lowest BCUT2D eigenvalue weighted by molar-refractivity contribution is -0.112. The van der Waals surface area contributed by atoms with Gasteiger partial charge in [0.25, 0.3) is 5.91 Å². The van der Waals surface area contributed by atoms with Gasteiger partial charge in [-0.15, -0.1) is 0 Å². The van der Waals surface area contributed by atoms with Crippen LogP contribution in [0.15, 0.2) is 48.2 Å². The number of ether oxygens (including phenoxy) is 1. The third kappa shape index (κ3) is 4.52. The Labute approximate surface area is 151 Å². The minimum Gasteiger partial charge on any atom is -0.495 e. The molecule has 128 valence electrons. The molecular formula is C19H18ClN3O2. The van der Waals surface area contributed by atoms with Crippen molar-refractivity contribution in [3.8, 4) is 11.8 Å². The molecule has 0 bridgehead atoms. The molecule has 1 amide bonds. The van der Waals surface area contributed by atoms with Gasteiger partial charge in [0, 0.05) is 16.9 Å². The molecule has 0 saturated carbocycles. The monoisotopic (exact) mass is 355 g/mol. The van der Waals surface area contributed by atoms with Crippen LogP contribution in [-0.4, -0.2) is 13.0 Å². The number of rotatable bonds is 5. The number of nitriles is 1. The van der Waals surface area contributed by atoms with Crippen LogP contribution >= 0.6 is 11.6 Å². The van der Waals surface area contributed by atoms with Crippen LogP contribution < -0.4 is 15.4 Å². The molecule has 2 aromatic rings. The molecule has 0 spiro atoms. The van der Waals surface area contributed by atoms with Gasteiger partial charge in [0.05, 0.1) is 12.8 Å². The maximum atomic E-state index is 12.4. The molecule has 2 aromatic carbocycles. The van der Waals surface area contributed by atoms with E-state index in [1.54, 1.807) is 18.2 Å². The second-order valence-electron chi connectivity index (χ2n) is 5.38. The molecule has 0 atom stereocenters. The number of halogens is 1. The van der Waals surface area contributed by atoms with Crippen LogP contribution in [0.4, 0.5) is 11.4 Å². The molecule has 0 aromatic heterocycles. The third-order valence-corrected chi connectivity index (χ3v) is 3.85. The largest absolute Gasteiger partial charge is 0.495 e. The molecule has 0 aliphatic rings. The van der Waals surface area contributed by atoms with Crippen molar-refractivity contribution in [3.05, 3.63) is 64.3 Å². The highest BCUT2D eigenvalue weighted by Gasteiger charge is 2.13. The number of para-hydroxylation sites is 1. The fourth-order valence-corrected chi connectivity index (χ4v) is 2.47. The van der Waals surface area contributed by atoms with E-state index in [0.717, 1.165) is 16.8 Å². The van der Waals surface area contributed by atoms with Gasteiger partial charge in [0.1, 0.15) is 17.4 Å². The summed E-state index contributed by atoms with van der Waals surface area (Å²) in [7, 11) is 1.49. The first-order valence-corrected chi connectivity index (χ1v) is 7.92. The van der Waals surface area contributed by atoms with Crippen LogP contribution in [0.2, 0.25) is 5.02 Å². The van der Waals surface area contributed by atoms with E-state index in [2.05, 4.69) is 10.6 Å². The van der Waals surface area contributed by atoms with Crippen LogP contribution in [0.25, 0.3) is 0 Å². The molecule has 5 nitrogen and oxygen atoms in total. The molecule has 0 unspecified atom stereocenters. The minimum atomic E-state index is -0.554. The van der Waals surface area contributed by atoms with Crippen molar-refractivity contribution in [2.45, 2.75) is 13.8 Å². The highest BCUT2D eigenvalue weighted by atomic mass is 35.5. The molecule has 0 radical (unpaired) electrons. The van der Waals surface area contributed by atoms with Gasteiger partial charge in [0.2, 0.25) is 0 Å². The summed E-state index contributed by atoms with van der Waals surface area (Å²) in [6.45, 7) is 3.90. The van der Waals surface area contributed by atoms with Crippen LogP contribution in [0.5, 0.6) is 5.75 Å². The summed E-state index contributed by atoms with van der Waals surface area (Å²) in [6.07, 6.45) is 1.39. The Morgan fingerprint density at radius 3 is 2.52 bits per heavy atom. The number of hydrogen-bond donors (Lipinski definition) is 2. The van der Waals surface area contributed by atoms with E-state index in [-0.39, 0.29) is 5.57 Å². The first-order valence-electron chi connectivity index (χ1n) is 7.54. The van der Waals surface area contributed by atoms with Crippen molar-refractivity contribution in [1.82, 2.24) is 0 Å². The number of anilines is 2. The number of amides is 1. The quantitative estimate of drug-likeness (QED) is 0.615. The second kappa shape index (κ2) is 8.22. The van der Waals surface area contributed by atoms with Gasteiger partial charge < -0.3 is 15.4 Å². The maximum absolute atomic E-state index is 12.4. The number of aryl methyl sites for hydroxylation is 2. The molecule has 6 heteroatoms. The van der Waals surface area contributed by atoms with Gasteiger partial charge >= 0.3 is 0 Å². The number of carbonyl (C=O) groups is 1. The van der Waals surface area contributed by atoms with E-state index >= 15 is 0 Å². The van der Waals surface area contributed by atoms with Crippen LogP contribution in [0, 0.1) is 25.2 Å². The number of nitrogens with one attached hydrogen (secondary N) is 2. The van der Waals surface area contributed by atoms with Crippen LogP contribution in [0.1, 0.15) is 11.1 Å². The molecule has 2 N–H and O–H groups in total. The van der Waals surface area contributed by atoms with Crippen molar-refractivity contribution in [1.29, 1.82) is 5.26 Å². The Morgan fingerprint density at radius 1 is 1.24 bits per heavy atom. The summed E-state index contributed by atoms with van der Waals surface area (Å²) in [5.41, 5.74) is 3.23. The lowest BCUT2D eigenvalue weighted by Crippen LogP contribution is -2.15. The molecule has 0 aliphatic carbocycles. The number of benzene rings is 2. The van der Waals surface area contributed by atoms with Gasteiger partial charge in [-0.25, -0.2) is 0 Å². The summed E-state index contributed by atoms with van der Waals surface area (Å²) < 4.78 is 5.18. The molecule has 0 fully saturated rings. The van der Waals surface area contributed by atoms with Crippen molar-refractivity contribution in [3.63, 3.8) is 0 Å². The summed E-state index contributed by atoms with van der Waals surface area (Å²) in [6, 6.07) is 12.6. The number of nitrogens with zero attached hydrogens (tertiary/aromatic N) is 1. The van der Waals surface area contributed by atoms with E-state index in [9.17, 15) is 10.1 Å². The van der Waals surface area contributed by atoms with E-state index in [1.165, 1.54) is 13.3 Å². The average Bonchev–Trinajstić information content (AvgIpc) is 2.58. The van der Waals surface area contributed by atoms with Crippen molar-refractivity contribution >= 4 is 28.9 Å². The van der Waals surface area contributed by atoms with Crippen molar-refractivity contribution in [2.24, 2.45) is 0 Å². The zero-order chi connectivity index (χ0) is 18.4. The van der Waals surface area contributed by atoms with Gasteiger partial charge in [-0.2, -0.15) is 5.26 Å². The highest BCUT2D eigenvalue weighted by Crippen LogP contribution is 2.28. The summed E-state index contributed by atoms with van der Waals surface area (Å²) in [5.74, 6) is -0.0976. The standard InChI is InChI=1S/C19H18ClN3O2/c1-12-5-4-6-13(2)18(12)22-11-14(10-21)19(24)23-16-9-15(20)7-8-17(16)25-3/h4-9,11,22H,1-3H3,(H,23,24)/b14-11-. The Hall–Kier alpha value is -2.97. The molecular weight excluding hydrogens is 338 g/mol. The first kappa shape index (κ1) is 18.4. The van der Waals surface area contributed by atoms with E-state index in [4.69, 9.17) is 16.3 Å².